The largest absolute Gasteiger partial charge is 0.491 e. The number of aliphatic hydroxyl groups is 1. The highest BCUT2D eigenvalue weighted by molar-refractivity contribution is 6.53. The van der Waals surface area contributed by atoms with Gasteiger partial charge in [-0.05, 0) is 36.5 Å². The maximum atomic E-state index is 13.5. The first kappa shape index (κ1) is 25.7. The number of alkyl halides is 2. The van der Waals surface area contributed by atoms with E-state index in [1.807, 2.05) is 0 Å². The zero-order valence-corrected chi connectivity index (χ0v) is 21.5. The van der Waals surface area contributed by atoms with Gasteiger partial charge in [0.2, 0.25) is 11.8 Å². The zero-order chi connectivity index (χ0) is 26.9. The van der Waals surface area contributed by atoms with E-state index in [9.17, 15) is 24.0 Å². The second-order valence-electron chi connectivity index (χ2n) is 9.62. The quantitative estimate of drug-likeness (QED) is 0.341. The number of fused-ring (bicyclic) bond motifs is 4. The lowest BCUT2D eigenvalue weighted by Crippen LogP contribution is -2.60. The first-order valence-electron chi connectivity index (χ1n) is 11.7. The molecular weight excluding hydrogens is 527 g/mol. The summed E-state index contributed by atoms with van der Waals surface area (Å²) in [6.45, 7) is -0.0761. The Bertz CT molecular complexity index is 1250. The lowest BCUT2D eigenvalue weighted by Gasteiger charge is -2.50. The minimum atomic E-state index is -1.90. The van der Waals surface area contributed by atoms with Crippen molar-refractivity contribution >= 4 is 52.9 Å². The fraction of sp³-hybridized carbons (Fsp3) is 0.480. The van der Waals surface area contributed by atoms with Gasteiger partial charge in [-0.15, -0.1) is 23.2 Å². The highest BCUT2D eigenvalue weighted by atomic mass is 35.5. The SMILES string of the molecule is COC(=O)N1C(=O)C2CC=C3C(CC4(Cl)C(=O)N(C)C(=O)C4(Cl)C3c3ccc(OCCO)cc3)C2C1=O. The van der Waals surface area contributed by atoms with Gasteiger partial charge in [0.1, 0.15) is 12.4 Å². The van der Waals surface area contributed by atoms with Crippen molar-refractivity contribution in [3.05, 3.63) is 41.5 Å². The van der Waals surface area contributed by atoms with Crippen molar-refractivity contribution in [3.63, 3.8) is 0 Å². The number of hydrogen-bond donors (Lipinski definition) is 1. The number of hydrogen-bond acceptors (Lipinski definition) is 8. The fourth-order valence-corrected chi connectivity index (χ4v) is 7.33. The molecule has 0 spiro atoms. The Morgan fingerprint density at radius 2 is 1.76 bits per heavy atom. The predicted octanol–water partition coefficient (Wildman–Crippen LogP) is 1.81. The van der Waals surface area contributed by atoms with Crippen LogP contribution in [0.2, 0.25) is 0 Å². The summed E-state index contributed by atoms with van der Waals surface area (Å²) in [4.78, 5) is 63.1. The second kappa shape index (κ2) is 8.82. The predicted molar refractivity (Wildman–Crippen MR) is 129 cm³/mol. The zero-order valence-electron chi connectivity index (χ0n) is 20.0. The number of rotatable bonds is 4. The van der Waals surface area contributed by atoms with Gasteiger partial charge in [0, 0.05) is 13.0 Å². The van der Waals surface area contributed by atoms with Gasteiger partial charge < -0.3 is 14.6 Å². The molecule has 1 aromatic carbocycles. The van der Waals surface area contributed by atoms with Gasteiger partial charge in [-0.2, -0.15) is 4.90 Å². The van der Waals surface area contributed by atoms with Crippen LogP contribution in [-0.2, 0) is 23.9 Å². The summed E-state index contributed by atoms with van der Waals surface area (Å²) >= 11 is 14.1. The number of allylic oxidation sites excluding steroid dienone is 2. The van der Waals surface area contributed by atoms with Gasteiger partial charge in [0.25, 0.3) is 11.8 Å². The van der Waals surface area contributed by atoms with Gasteiger partial charge >= 0.3 is 6.09 Å². The summed E-state index contributed by atoms with van der Waals surface area (Å²) < 4.78 is 10.1. The van der Waals surface area contributed by atoms with E-state index in [4.69, 9.17) is 33.0 Å². The normalized spacial score (nSPS) is 34.7. The van der Waals surface area contributed by atoms with E-state index >= 15 is 0 Å². The van der Waals surface area contributed by atoms with Crippen LogP contribution in [0.25, 0.3) is 0 Å². The van der Waals surface area contributed by atoms with Gasteiger partial charge in [0.15, 0.2) is 9.75 Å². The average molecular weight is 551 g/mol. The number of imide groups is 4. The molecule has 0 bridgehead atoms. The molecule has 0 aromatic heterocycles. The number of likely N-dealkylation sites (tertiary alicyclic amines) is 2. The van der Waals surface area contributed by atoms with Gasteiger partial charge in [-0.3, -0.25) is 24.1 Å². The summed E-state index contributed by atoms with van der Waals surface area (Å²) in [5.74, 6) is -5.71. The van der Waals surface area contributed by atoms with E-state index in [0.717, 1.165) is 12.0 Å². The van der Waals surface area contributed by atoms with Crippen molar-refractivity contribution in [1.29, 1.82) is 0 Å². The standard InChI is InChI=1S/C25H24Cl2N2O8/c1-28-21(33)24(26)11-16-14(7-8-15-17(16)20(32)29(19(15)31)23(35)36-2)18(25(24,27)22(28)34)12-3-5-13(6-4-12)37-10-9-30/h3-7,15-18,30H,8-11H2,1-2H3. The van der Waals surface area contributed by atoms with Crippen molar-refractivity contribution < 1.29 is 38.6 Å². The number of amides is 5. The van der Waals surface area contributed by atoms with Crippen molar-refractivity contribution in [2.75, 3.05) is 27.4 Å². The third-order valence-corrected chi connectivity index (χ3v) is 9.36. The third-order valence-electron chi connectivity index (χ3n) is 7.94. The van der Waals surface area contributed by atoms with E-state index in [0.29, 0.717) is 21.8 Å². The van der Waals surface area contributed by atoms with Gasteiger partial charge in [-0.1, -0.05) is 23.8 Å². The number of halogens is 2. The monoisotopic (exact) mass is 550 g/mol. The average Bonchev–Trinajstić information content (AvgIpc) is 3.22. The van der Waals surface area contributed by atoms with Crippen LogP contribution < -0.4 is 4.74 Å². The maximum absolute atomic E-state index is 13.5. The molecule has 1 aromatic rings. The van der Waals surface area contributed by atoms with Crippen LogP contribution in [0.15, 0.2) is 35.9 Å². The molecule has 3 fully saturated rings. The Balaban J connectivity index is 1.65. The lowest BCUT2D eigenvalue weighted by molar-refractivity contribution is -0.139. The number of benzene rings is 1. The number of aliphatic hydroxyl groups excluding tert-OH is 1. The number of carbonyl (C=O) groups excluding carboxylic acids is 5. The van der Waals surface area contributed by atoms with Crippen LogP contribution >= 0.6 is 23.2 Å². The highest BCUT2D eigenvalue weighted by Crippen LogP contribution is 2.65. The summed E-state index contributed by atoms with van der Waals surface area (Å²) in [6.07, 6.45) is 0.677. The van der Waals surface area contributed by atoms with Crippen molar-refractivity contribution in [2.45, 2.75) is 28.5 Å². The van der Waals surface area contributed by atoms with Crippen molar-refractivity contribution in [1.82, 2.24) is 9.80 Å². The van der Waals surface area contributed by atoms with Crippen LogP contribution in [0.1, 0.15) is 24.3 Å². The molecule has 1 saturated carbocycles. The van der Waals surface area contributed by atoms with Crippen LogP contribution in [0.3, 0.4) is 0 Å². The van der Waals surface area contributed by atoms with Crippen molar-refractivity contribution in [2.24, 2.45) is 17.8 Å². The Morgan fingerprint density at radius 1 is 1.08 bits per heavy atom. The van der Waals surface area contributed by atoms with E-state index < -0.39 is 63.1 Å². The Labute approximate surface area is 222 Å². The molecular formula is C25H24Cl2N2O8. The minimum Gasteiger partial charge on any atom is -0.491 e. The van der Waals surface area contributed by atoms with Crippen LogP contribution in [-0.4, -0.2) is 81.7 Å². The molecule has 2 aliphatic heterocycles. The number of carbonyl (C=O) groups is 5. The first-order valence-corrected chi connectivity index (χ1v) is 12.5. The minimum absolute atomic E-state index is 0.0912. The van der Waals surface area contributed by atoms with Crippen LogP contribution in [0.4, 0.5) is 4.79 Å². The molecule has 2 aliphatic carbocycles. The molecule has 4 aliphatic rings. The van der Waals surface area contributed by atoms with Crippen LogP contribution in [0.5, 0.6) is 5.75 Å². The lowest BCUT2D eigenvalue weighted by atomic mass is 9.56. The Hall–Kier alpha value is -2.95. The molecule has 37 heavy (non-hydrogen) atoms. The van der Waals surface area contributed by atoms with Crippen LogP contribution in [0, 0.1) is 17.8 Å². The first-order chi connectivity index (χ1) is 17.5. The molecule has 2 saturated heterocycles. The summed E-state index contributed by atoms with van der Waals surface area (Å²) in [5.41, 5.74) is 1.17. The van der Waals surface area contributed by atoms with Gasteiger partial charge in [-0.25, -0.2) is 4.79 Å². The second-order valence-corrected chi connectivity index (χ2v) is 10.9. The summed E-state index contributed by atoms with van der Waals surface area (Å²) in [7, 11) is 2.39. The molecule has 0 radical (unpaired) electrons. The smallest absolute Gasteiger partial charge is 0.423 e. The Morgan fingerprint density at radius 3 is 2.38 bits per heavy atom. The molecule has 1 N–H and O–H groups in total. The number of nitrogens with zero attached hydrogens (tertiary/aromatic N) is 2. The van der Waals surface area contributed by atoms with Crippen molar-refractivity contribution in [3.8, 4) is 5.75 Å². The maximum Gasteiger partial charge on any atom is 0.423 e. The Kier molecular flexibility index (Phi) is 6.12. The molecule has 6 atom stereocenters. The molecule has 2 heterocycles. The molecule has 6 unspecified atom stereocenters. The van der Waals surface area contributed by atoms with E-state index in [1.54, 1.807) is 30.3 Å². The van der Waals surface area contributed by atoms with E-state index in [1.165, 1.54) is 7.05 Å². The summed E-state index contributed by atoms with van der Waals surface area (Å²) in [6, 6.07) is 6.66. The molecule has 5 rings (SSSR count). The van der Waals surface area contributed by atoms with E-state index in [-0.39, 0.29) is 26.1 Å². The molecule has 12 heteroatoms. The number of methoxy groups -OCH3 is 1. The molecule has 10 nitrogen and oxygen atoms in total. The van der Waals surface area contributed by atoms with Gasteiger partial charge in [0.05, 0.1) is 25.6 Å². The summed E-state index contributed by atoms with van der Waals surface area (Å²) in [5, 5.41) is 9.02. The third kappa shape index (κ3) is 3.31. The fourth-order valence-electron chi connectivity index (χ4n) is 6.31. The topological polar surface area (TPSA) is 131 Å². The molecule has 196 valence electrons. The molecule has 5 amide bonds. The van der Waals surface area contributed by atoms with E-state index in [2.05, 4.69) is 4.74 Å². The number of ether oxygens (including phenoxy) is 2. The highest BCUT2D eigenvalue weighted by Gasteiger charge is 2.76.